The number of hydrogen-bond acceptors (Lipinski definition) is 3. The van der Waals surface area contributed by atoms with Gasteiger partial charge in [0.05, 0.1) is 6.61 Å². The molecule has 0 fully saturated rings. The quantitative estimate of drug-likeness (QED) is 0.454. The van der Waals surface area contributed by atoms with Gasteiger partial charge in [-0.15, -0.1) is 0 Å². The maximum absolute atomic E-state index is 11.3. The minimum Gasteiger partial charge on any atom is -0.434 e. The molecule has 0 aromatic heterocycles. The SMILES string of the molecule is CCCCOC(=O)Oc1ccc(C(C)(C)C)cc1. The standard InChI is InChI=1S/C15H22O3/c1-5-6-11-17-14(16)18-13-9-7-12(8-10-13)15(2,3)4/h7-10H,5-6,11H2,1-4H3. The van der Waals surface area contributed by atoms with E-state index in [-0.39, 0.29) is 5.41 Å². The lowest BCUT2D eigenvalue weighted by atomic mass is 9.87. The molecule has 0 bridgehead atoms. The predicted molar refractivity (Wildman–Crippen MR) is 72.0 cm³/mol. The fourth-order valence-corrected chi connectivity index (χ4v) is 1.45. The number of unbranched alkanes of at least 4 members (excludes halogenated alkanes) is 1. The molecule has 0 spiro atoms. The van der Waals surface area contributed by atoms with Crippen LogP contribution in [0.2, 0.25) is 0 Å². The van der Waals surface area contributed by atoms with E-state index in [9.17, 15) is 4.79 Å². The highest BCUT2D eigenvalue weighted by Crippen LogP contribution is 2.24. The maximum atomic E-state index is 11.3. The topological polar surface area (TPSA) is 35.5 Å². The van der Waals surface area contributed by atoms with Crippen molar-refractivity contribution in [2.45, 2.75) is 46.0 Å². The van der Waals surface area contributed by atoms with Crippen LogP contribution < -0.4 is 4.74 Å². The second kappa shape index (κ2) is 6.43. The Kier molecular flexibility index (Phi) is 5.20. The molecule has 1 rings (SSSR count). The summed E-state index contributed by atoms with van der Waals surface area (Å²) in [5.41, 5.74) is 1.30. The lowest BCUT2D eigenvalue weighted by Gasteiger charge is -2.18. The van der Waals surface area contributed by atoms with Crippen molar-refractivity contribution in [3.63, 3.8) is 0 Å². The number of carbonyl (C=O) groups is 1. The summed E-state index contributed by atoms with van der Waals surface area (Å²) in [5, 5.41) is 0. The molecule has 0 atom stereocenters. The fraction of sp³-hybridized carbons (Fsp3) is 0.533. The van der Waals surface area contributed by atoms with E-state index in [0.29, 0.717) is 12.4 Å². The van der Waals surface area contributed by atoms with Gasteiger partial charge in [-0.3, -0.25) is 0 Å². The van der Waals surface area contributed by atoms with Gasteiger partial charge in [0, 0.05) is 0 Å². The van der Waals surface area contributed by atoms with Gasteiger partial charge < -0.3 is 9.47 Å². The van der Waals surface area contributed by atoms with Gasteiger partial charge in [0.15, 0.2) is 0 Å². The largest absolute Gasteiger partial charge is 0.513 e. The second-order valence-corrected chi connectivity index (χ2v) is 5.33. The van der Waals surface area contributed by atoms with Gasteiger partial charge in [-0.25, -0.2) is 4.79 Å². The zero-order chi connectivity index (χ0) is 13.6. The molecule has 1 aromatic rings. The van der Waals surface area contributed by atoms with Gasteiger partial charge in [0.2, 0.25) is 0 Å². The number of carbonyl (C=O) groups excluding carboxylic acids is 1. The number of benzene rings is 1. The molecule has 0 N–H and O–H groups in total. The first-order chi connectivity index (χ1) is 8.43. The average Bonchev–Trinajstić information content (AvgIpc) is 2.29. The van der Waals surface area contributed by atoms with Crippen molar-refractivity contribution in [1.82, 2.24) is 0 Å². The van der Waals surface area contributed by atoms with Crippen molar-refractivity contribution in [2.75, 3.05) is 6.61 Å². The van der Waals surface area contributed by atoms with Gasteiger partial charge >= 0.3 is 6.16 Å². The van der Waals surface area contributed by atoms with E-state index in [2.05, 4.69) is 20.8 Å². The van der Waals surface area contributed by atoms with Gasteiger partial charge in [-0.1, -0.05) is 46.2 Å². The molecule has 0 unspecified atom stereocenters. The van der Waals surface area contributed by atoms with Crippen LogP contribution in [0.3, 0.4) is 0 Å². The van der Waals surface area contributed by atoms with Crippen molar-refractivity contribution in [1.29, 1.82) is 0 Å². The smallest absolute Gasteiger partial charge is 0.434 e. The fourth-order valence-electron chi connectivity index (χ4n) is 1.45. The number of hydrogen-bond donors (Lipinski definition) is 0. The Labute approximate surface area is 109 Å². The van der Waals surface area contributed by atoms with Crippen LogP contribution in [0.1, 0.15) is 46.1 Å². The minimum absolute atomic E-state index is 0.0974. The molecular formula is C15H22O3. The summed E-state index contributed by atoms with van der Waals surface area (Å²) in [5.74, 6) is 0.518. The molecule has 0 aliphatic rings. The summed E-state index contributed by atoms with van der Waals surface area (Å²) in [6.07, 6.45) is 1.22. The summed E-state index contributed by atoms with van der Waals surface area (Å²) >= 11 is 0. The van der Waals surface area contributed by atoms with Crippen LogP contribution in [0.4, 0.5) is 4.79 Å². The molecule has 0 aliphatic heterocycles. The van der Waals surface area contributed by atoms with Crippen LogP contribution in [-0.2, 0) is 10.2 Å². The summed E-state index contributed by atoms with van der Waals surface area (Å²) in [4.78, 5) is 11.3. The monoisotopic (exact) mass is 250 g/mol. The Hall–Kier alpha value is -1.51. The van der Waals surface area contributed by atoms with Crippen molar-refractivity contribution in [2.24, 2.45) is 0 Å². The van der Waals surface area contributed by atoms with Crippen LogP contribution in [0.25, 0.3) is 0 Å². The molecule has 18 heavy (non-hydrogen) atoms. The average molecular weight is 250 g/mol. The Morgan fingerprint density at radius 2 is 1.78 bits per heavy atom. The Balaban J connectivity index is 2.51. The molecule has 3 heteroatoms. The molecule has 0 radical (unpaired) electrons. The van der Waals surface area contributed by atoms with E-state index >= 15 is 0 Å². The van der Waals surface area contributed by atoms with Crippen LogP contribution >= 0.6 is 0 Å². The molecule has 0 saturated heterocycles. The van der Waals surface area contributed by atoms with E-state index in [1.165, 1.54) is 5.56 Å². The second-order valence-electron chi connectivity index (χ2n) is 5.33. The van der Waals surface area contributed by atoms with Crippen molar-refractivity contribution >= 4 is 6.16 Å². The van der Waals surface area contributed by atoms with E-state index in [0.717, 1.165) is 12.8 Å². The third-order valence-electron chi connectivity index (χ3n) is 2.64. The lowest BCUT2D eigenvalue weighted by Crippen LogP contribution is -2.13. The van der Waals surface area contributed by atoms with Gasteiger partial charge in [-0.2, -0.15) is 0 Å². The molecular weight excluding hydrogens is 228 g/mol. The number of ether oxygens (including phenoxy) is 2. The zero-order valence-corrected chi connectivity index (χ0v) is 11.7. The molecule has 0 saturated carbocycles. The first-order valence-corrected chi connectivity index (χ1v) is 6.38. The Bertz CT molecular complexity index is 374. The van der Waals surface area contributed by atoms with Crippen molar-refractivity contribution in [3.05, 3.63) is 29.8 Å². The normalized spacial score (nSPS) is 11.1. The predicted octanol–water partition coefficient (Wildman–Crippen LogP) is 4.30. The molecule has 0 heterocycles. The highest BCUT2D eigenvalue weighted by atomic mass is 16.7. The van der Waals surface area contributed by atoms with Gasteiger partial charge in [0.25, 0.3) is 0 Å². The minimum atomic E-state index is -0.632. The highest BCUT2D eigenvalue weighted by Gasteiger charge is 2.13. The van der Waals surface area contributed by atoms with E-state index < -0.39 is 6.16 Å². The third-order valence-corrected chi connectivity index (χ3v) is 2.64. The molecule has 0 amide bonds. The highest BCUT2D eigenvalue weighted by molar-refractivity contribution is 5.63. The van der Waals surface area contributed by atoms with Crippen LogP contribution in [0, 0.1) is 0 Å². The Morgan fingerprint density at radius 1 is 1.17 bits per heavy atom. The Morgan fingerprint density at radius 3 is 2.28 bits per heavy atom. The molecule has 0 aliphatic carbocycles. The summed E-state index contributed by atoms with van der Waals surface area (Å²) in [6, 6.07) is 7.52. The third kappa shape index (κ3) is 4.78. The van der Waals surface area contributed by atoms with Crippen LogP contribution in [0.15, 0.2) is 24.3 Å². The van der Waals surface area contributed by atoms with E-state index in [4.69, 9.17) is 9.47 Å². The molecule has 3 nitrogen and oxygen atoms in total. The van der Waals surface area contributed by atoms with Crippen LogP contribution in [-0.4, -0.2) is 12.8 Å². The first kappa shape index (κ1) is 14.6. The molecule has 1 aromatic carbocycles. The van der Waals surface area contributed by atoms with Gasteiger partial charge in [0.1, 0.15) is 5.75 Å². The summed E-state index contributed by atoms with van der Waals surface area (Å²) < 4.78 is 9.99. The van der Waals surface area contributed by atoms with Gasteiger partial charge in [-0.05, 0) is 29.5 Å². The zero-order valence-electron chi connectivity index (χ0n) is 11.7. The summed E-state index contributed by atoms with van der Waals surface area (Å²) in [7, 11) is 0. The van der Waals surface area contributed by atoms with Crippen molar-refractivity contribution < 1.29 is 14.3 Å². The summed E-state index contributed by atoms with van der Waals surface area (Å²) in [6.45, 7) is 8.88. The van der Waals surface area contributed by atoms with E-state index in [1.54, 1.807) is 12.1 Å². The molecule has 100 valence electrons. The number of rotatable bonds is 4. The van der Waals surface area contributed by atoms with Crippen LogP contribution in [0.5, 0.6) is 5.75 Å². The first-order valence-electron chi connectivity index (χ1n) is 6.38. The maximum Gasteiger partial charge on any atom is 0.513 e. The lowest BCUT2D eigenvalue weighted by molar-refractivity contribution is 0.0978. The van der Waals surface area contributed by atoms with Crippen molar-refractivity contribution in [3.8, 4) is 5.75 Å². The van der Waals surface area contributed by atoms with E-state index in [1.807, 2.05) is 19.1 Å².